The van der Waals surface area contributed by atoms with Crippen LogP contribution in [0.4, 0.5) is 0 Å². The SMILES string of the molecule is CN=C(NCc1ccc(OC(C)C)cc1)NCc1cc(Cl)c(Cl)n1C.I. The van der Waals surface area contributed by atoms with E-state index in [0.717, 1.165) is 17.0 Å². The molecule has 0 radical (unpaired) electrons. The van der Waals surface area contributed by atoms with Gasteiger partial charge in [0.25, 0.3) is 0 Å². The number of ether oxygens (including phenoxy) is 1. The highest BCUT2D eigenvalue weighted by molar-refractivity contribution is 14.0. The van der Waals surface area contributed by atoms with Crippen molar-refractivity contribution in [3.8, 4) is 5.75 Å². The summed E-state index contributed by atoms with van der Waals surface area (Å²) in [6, 6.07) is 9.86. The molecule has 0 bridgehead atoms. The quantitative estimate of drug-likeness (QED) is 0.339. The summed E-state index contributed by atoms with van der Waals surface area (Å²) in [6.07, 6.45) is 0.173. The average molecular weight is 511 g/mol. The topological polar surface area (TPSA) is 50.6 Å². The van der Waals surface area contributed by atoms with E-state index in [9.17, 15) is 0 Å². The molecule has 0 aliphatic carbocycles. The number of nitrogens with one attached hydrogen (secondary N) is 2. The van der Waals surface area contributed by atoms with Crippen LogP contribution in [0.3, 0.4) is 0 Å². The Morgan fingerprint density at radius 2 is 1.77 bits per heavy atom. The molecule has 2 aromatic rings. The molecule has 0 aliphatic heterocycles. The molecule has 0 unspecified atom stereocenters. The highest BCUT2D eigenvalue weighted by atomic mass is 127. The predicted octanol–water partition coefficient (Wildman–Crippen LogP) is 4.60. The maximum atomic E-state index is 6.08. The Morgan fingerprint density at radius 1 is 1.15 bits per heavy atom. The van der Waals surface area contributed by atoms with Crippen molar-refractivity contribution in [2.45, 2.75) is 33.0 Å². The second-order valence-electron chi connectivity index (χ2n) is 5.92. The Kier molecular flexibility index (Phi) is 9.60. The van der Waals surface area contributed by atoms with Crippen molar-refractivity contribution >= 4 is 53.1 Å². The van der Waals surface area contributed by atoms with Gasteiger partial charge in [-0.2, -0.15) is 0 Å². The molecule has 0 saturated heterocycles. The second-order valence-corrected chi connectivity index (χ2v) is 6.69. The first-order valence-corrected chi connectivity index (χ1v) is 8.86. The fourth-order valence-corrected chi connectivity index (χ4v) is 2.71. The Morgan fingerprint density at radius 3 is 2.27 bits per heavy atom. The molecule has 2 rings (SSSR count). The molecule has 26 heavy (non-hydrogen) atoms. The molecule has 1 aromatic carbocycles. The van der Waals surface area contributed by atoms with Crippen molar-refractivity contribution in [3.05, 3.63) is 51.8 Å². The lowest BCUT2D eigenvalue weighted by molar-refractivity contribution is 0.242. The molecule has 0 spiro atoms. The Bertz CT molecular complexity index is 730. The standard InChI is InChI=1S/C18H24Cl2N4O.HI/c1-12(2)25-15-7-5-13(6-8-15)10-22-18(21-3)23-11-14-9-16(19)17(20)24(14)4;/h5-9,12H,10-11H2,1-4H3,(H2,21,22,23);1H. The number of nitrogens with zero attached hydrogens (tertiary/aromatic N) is 2. The second kappa shape index (κ2) is 10.9. The molecule has 1 aromatic heterocycles. The first-order valence-electron chi connectivity index (χ1n) is 8.10. The molecule has 0 fully saturated rings. The molecule has 144 valence electrons. The molecule has 0 amide bonds. The number of hydrogen-bond donors (Lipinski definition) is 2. The van der Waals surface area contributed by atoms with Crippen LogP contribution in [0, 0.1) is 0 Å². The van der Waals surface area contributed by atoms with Crippen LogP contribution in [-0.2, 0) is 20.1 Å². The van der Waals surface area contributed by atoms with Gasteiger partial charge in [0.2, 0.25) is 0 Å². The third-order valence-electron chi connectivity index (χ3n) is 3.63. The van der Waals surface area contributed by atoms with Gasteiger partial charge >= 0.3 is 0 Å². The fraction of sp³-hybridized carbons (Fsp3) is 0.389. The van der Waals surface area contributed by atoms with Crippen LogP contribution >= 0.6 is 47.2 Å². The summed E-state index contributed by atoms with van der Waals surface area (Å²) in [7, 11) is 3.61. The molecular formula is C18H25Cl2IN4O. The lowest BCUT2D eigenvalue weighted by Crippen LogP contribution is -2.36. The summed E-state index contributed by atoms with van der Waals surface area (Å²) in [6.45, 7) is 5.26. The van der Waals surface area contributed by atoms with Gasteiger partial charge in [-0.15, -0.1) is 24.0 Å². The van der Waals surface area contributed by atoms with Crippen LogP contribution in [0.25, 0.3) is 0 Å². The van der Waals surface area contributed by atoms with Crippen molar-refractivity contribution in [1.29, 1.82) is 0 Å². The first kappa shape index (κ1) is 22.9. The zero-order valence-corrected chi connectivity index (χ0v) is 19.2. The highest BCUT2D eigenvalue weighted by Crippen LogP contribution is 2.24. The van der Waals surface area contributed by atoms with Crippen molar-refractivity contribution in [3.63, 3.8) is 0 Å². The summed E-state index contributed by atoms with van der Waals surface area (Å²) in [5.41, 5.74) is 2.12. The zero-order chi connectivity index (χ0) is 18.4. The number of aromatic nitrogens is 1. The average Bonchev–Trinajstić information content (AvgIpc) is 2.83. The smallest absolute Gasteiger partial charge is 0.191 e. The number of aliphatic imine (C=N–C) groups is 1. The lowest BCUT2D eigenvalue weighted by atomic mass is 10.2. The van der Waals surface area contributed by atoms with Crippen LogP contribution in [0.1, 0.15) is 25.1 Å². The minimum atomic E-state index is 0. The van der Waals surface area contributed by atoms with Gasteiger partial charge in [-0.05, 0) is 37.6 Å². The molecule has 0 atom stereocenters. The molecule has 5 nitrogen and oxygen atoms in total. The first-order chi connectivity index (χ1) is 11.9. The molecule has 1 heterocycles. The van der Waals surface area contributed by atoms with Gasteiger partial charge < -0.3 is 19.9 Å². The number of hydrogen-bond acceptors (Lipinski definition) is 2. The Balaban J connectivity index is 0.00000338. The van der Waals surface area contributed by atoms with E-state index < -0.39 is 0 Å². The van der Waals surface area contributed by atoms with Gasteiger partial charge in [0.05, 0.1) is 17.7 Å². The molecule has 8 heteroatoms. The summed E-state index contributed by atoms with van der Waals surface area (Å²) in [5.74, 6) is 1.58. The maximum Gasteiger partial charge on any atom is 0.191 e. The number of benzene rings is 1. The summed E-state index contributed by atoms with van der Waals surface area (Å²) >= 11 is 12.1. The largest absolute Gasteiger partial charge is 0.491 e. The molecule has 0 saturated carbocycles. The van der Waals surface area contributed by atoms with E-state index in [1.165, 1.54) is 0 Å². The predicted molar refractivity (Wildman–Crippen MR) is 120 cm³/mol. The minimum Gasteiger partial charge on any atom is -0.491 e. The van der Waals surface area contributed by atoms with Gasteiger partial charge in [0.1, 0.15) is 10.9 Å². The number of rotatable bonds is 6. The van der Waals surface area contributed by atoms with E-state index in [4.69, 9.17) is 27.9 Å². The van der Waals surface area contributed by atoms with Crippen LogP contribution in [0.5, 0.6) is 5.75 Å². The van der Waals surface area contributed by atoms with E-state index >= 15 is 0 Å². The summed E-state index contributed by atoms with van der Waals surface area (Å²) < 4.78 is 7.49. The zero-order valence-electron chi connectivity index (χ0n) is 15.3. The van der Waals surface area contributed by atoms with Gasteiger partial charge in [-0.3, -0.25) is 4.99 Å². The number of guanidine groups is 1. The Hall–Kier alpha value is -1.12. The van der Waals surface area contributed by atoms with Crippen molar-refractivity contribution in [1.82, 2.24) is 15.2 Å². The van der Waals surface area contributed by atoms with Gasteiger partial charge in [0, 0.05) is 26.3 Å². The third kappa shape index (κ3) is 6.55. The van der Waals surface area contributed by atoms with Gasteiger partial charge in [-0.25, -0.2) is 0 Å². The summed E-state index contributed by atoms with van der Waals surface area (Å²) in [4.78, 5) is 4.23. The van der Waals surface area contributed by atoms with Crippen molar-refractivity contribution in [2.75, 3.05) is 7.05 Å². The van der Waals surface area contributed by atoms with E-state index in [2.05, 4.69) is 15.6 Å². The van der Waals surface area contributed by atoms with Crippen molar-refractivity contribution in [2.24, 2.45) is 12.0 Å². The maximum absolute atomic E-state index is 6.08. The molecular weight excluding hydrogens is 486 g/mol. The minimum absolute atomic E-state index is 0. The van der Waals surface area contributed by atoms with Crippen LogP contribution in [0.2, 0.25) is 10.2 Å². The van der Waals surface area contributed by atoms with Crippen LogP contribution in [-0.4, -0.2) is 23.7 Å². The van der Waals surface area contributed by atoms with E-state index in [0.29, 0.717) is 29.2 Å². The number of halogens is 3. The third-order valence-corrected chi connectivity index (χ3v) is 4.47. The van der Waals surface area contributed by atoms with Gasteiger partial charge in [0.15, 0.2) is 5.96 Å². The Labute approximate surface area is 182 Å². The summed E-state index contributed by atoms with van der Waals surface area (Å²) in [5, 5.41) is 7.61. The van der Waals surface area contributed by atoms with E-state index in [1.807, 2.05) is 55.8 Å². The normalized spacial score (nSPS) is 11.3. The lowest BCUT2D eigenvalue weighted by Gasteiger charge is -2.13. The monoisotopic (exact) mass is 510 g/mol. The van der Waals surface area contributed by atoms with Crippen molar-refractivity contribution < 1.29 is 4.74 Å². The fourth-order valence-electron chi connectivity index (χ4n) is 2.30. The highest BCUT2D eigenvalue weighted by Gasteiger charge is 2.09. The van der Waals surface area contributed by atoms with Gasteiger partial charge in [-0.1, -0.05) is 35.3 Å². The van der Waals surface area contributed by atoms with Crippen LogP contribution in [0.15, 0.2) is 35.3 Å². The van der Waals surface area contributed by atoms with E-state index in [1.54, 1.807) is 7.05 Å². The van der Waals surface area contributed by atoms with Crippen LogP contribution < -0.4 is 15.4 Å². The van der Waals surface area contributed by atoms with E-state index in [-0.39, 0.29) is 30.1 Å². The molecule has 0 aliphatic rings. The molecule has 2 N–H and O–H groups in total.